The molecule has 0 aliphatic carbocycles. The van der Waals surface area contributed by atoms with E-state index in [1.54, 1.807) is 43.5 Å². The van der Waals surface area contributed by atoms with Gasteiger partial charge in [0, 0.05) is 17.3 Å². The molecule has 0 amide bonds. The van der Waals surface area contributed by atoms with Crippen LogP contribution in [0.5, 0.6) is 0 Å². The van der Waals surface area contributed by atoms with E-state index in [2.05, 4.69) is 9.71 Å². The lowest BCUT2D eigenvalue weighted by molar-refractivity contribution is 0.593. The molecule has 0 fully saturated rings. The van der Waals surface area contributed by atoms with Crippen LogP contribution >= 0.6 is 0 Å². The van der Waals surface area contributed by atoms with E-state index in [0.717, 1.165) is 10.9 Å². The molecule has 1 heterocycles. The Hall–Kier alpha value is -2.13. The molecule has 2 aromatic rings. The first-order valence-corrected chi connectivity index (χ1v) is 7.37. The molecule has 19 heavy (non-hydrogen) atoms. The van der Waals surface area contributed by atoms with Gasteiger partial charge in [-0.3, -0.25) is 9.71 Å². The number of sulfonamides is 1. The van der Waals surface area contributed by atoms with Crippen molar-refractivity contribution < 1.29 is 8.42 Å². The highest BCUT2D eigenvalue weighted by Crippen LogP contribution is 2.19. The summed E-state index contributed by atoms with van der Waals surface area (Å²) in [5, 5.41) is 8.63. The summed E-state index contributed by atoms with van der Waals surface area (Å²) in [7, 11) is -3.68. The fourth-order valence-electron chi connectivity index (χ4n) is 1.75. The number of pyridine rings is 1. The molecule has 2 rings (SSSR count). The van der Waals surface area contributed by atoms with Gasteiger partial charge in [-0.25, -0.2) is 8.42 Å². The predicted molar refractivity (Wildman–Crippen MR) is 74.0 cm³/mol. The zero-order valence-corrected chi connectivity index (χ0v) is 11.2. The maximum absolute atomic E-state index is 11.9. The van der Waals surface area contributed by atoms with Gasteiger partial charge in [-0.2, -0.15) is 5.26 Å². The Morgan fingerprint density at radius 2 is 2.21 bits per heavy atom. The highest BCUT2D eigenvalue weighted by molar-refractivity contribution is 7.93. The second-order valence-corrected chi connectivity index (χ2v) is 5.95. The summed E-state index contributed by atoms with van der Waals surface area (Å²) in [6.07, 6.45) is 1.93. The minimum Gasteiger partial charge on any atom is -0.282 e. The van der Waals surface area contributed by atoms with Gasteiger partial charge in [-0.05, 0) is 30.7 Å². The third-order valence-corrected chi connectivity index (χ3v) is 4.46. The third kappa shape index (κ3) is 2.83. The van der Waals surface area contributed by atoms with Crippen molar-refractivity contribution >= 4 is 26.6 Å². The summed E-state index contributed by atoms with van der Waals surface area (Å²) in [5.74, 6) is 0. The Morgan fingerprint density at radius 1 is 1.42 bits per heavy atom. The summed E-state index contributed by atoms with van der Waals surface area (Å²) < 4.78 is 26.3. The minimum atomic E-state index is -3.68. The average molecular weight is 275 g/mol. The fraction of sp³-hybridized carbons (Fsp3) is 0.231. The second kappa shape index (κ2) is 5.24. The van der Waals surface area contributed by atoms with Crippen molar-refractivity contribution in [1.82, 2.24) is 4.98 Å². The smallest absolute Gasteiger partial charge is 0.249 e. The van der Waals surface area contributed by atoms with Crippen LogP contribution in [0.25, 0.3) is 10.9 Å². The molecular weight excluding hydrogens is 262 g/mol. The molecule has 0 saturated carbocycles. The predicted octanol–water partition coefficient (Wildman–Crippen LogP) is 2.28. The van der Waals surface area contributed by atoms with Crippen molar-refractivity contribution in [2.45, 2.75) is 18.6 Å². The molecule has 5 nitrogen and oxygen atoms in total. The van der Waals surface area contributed by atoms with E-state index >= 15 is 0 Å². The number of hydrogen-bond acceptors (Lipinski definition) is 4. The van der Waals surface area contributed by atoms with Gasteiger partial charge in [-0.1, -0.05) is 13.0 Å². The van der Waals surface area contributed by atoms with Crippen LogP contribution in [0, 0.1) is 11.3 Å². The van der Waals surface area contributed by atoms with Crippen LogP contribution in [0.1, 0.15) is 13.3 Å². The zero-order chi connectivity index (χ0) is 13.9. The normalized spacial score (nSPS) is 12.8. The molecule has 0 saturated heterocycles. The number of aromatic nitrogens is 1. The Bertz CT molecular complexity index is 735. The lowest BCUT2D eigenvalue weighted by atomic mass is 10.2. The number of nitrogens with zero attached hydrogens (tertiary/aromatic N) is 2. The van der Waals surface area contributed by atoms with Crippen LogP contribution in [-0.2, 0) is 10.0 Å². The lowest BCUT2D eigenvalue weighted by Gasteiger charge is -2.11. The fourth-order valence-corrected chi connectivity index (χ4v) is 2.93. The second-order valence-electron chi connectivity index (χ2n) is 4.08. The van der Waals surface area contributed by atoms with Crippen LogP contribution < -0.4 is 4.72 Å². The van der Waals surface area contributed by atoms with Gasteiger partial charge in [-0.15, -0.1) is 0 Å². The van der Waals surface area contributed by atoms with E-state index < -0.39 is 15.3 Å². The Balaban J connectivity index is 2.34. The summed E-state index contributed by atoms with van der Waals surface area (Å²) in [6.45, 7) is 1.66. The lowest BCUT2D eigenvalue weighted by Crippen LogP contribution is -2.25. The largest absolute Gasteiger partial charge is 0.282 e. The minimum absolute atomic E-state index is 0.251. The first-order chi connectivity index (χ1) is 9.06. The van der Waals surface area contributed by atoms with Crippen molar-refractivity contribution in [3.8, 4) is 6.07 Å². The van der Waals surface area contributed by atoms with Crippen molar-refractivity contribution in [2.75, 3.05) is 4.72 Å². The monoisotopic (exact) mass is 275 g/mol. The molecular formula is C13H13N3O2S. The molecule has 1 N–H and O–H groups in total. The van der Waals surface area contributed by atoms with Gasteiger partial charge >= 0.3 is 0 Å². The Labute approximate surface area is 111 Å². The van der Waals surface area contributed by atoms with E-state index in [4.69, 9.17) is 5.26 Å². The first-order valence-electron chi connectivity index (χ1n) is 5.83. The van der Waals surface area contributed by atoms with Crippen LogP contribution in [0.2, 0.25) is 0 Å². The zero-order valence-electron chi connectivity index (χ0n) is 10.4. The molecule has 6 heteroatoms. The molecule has 0 aliphatic rings. The van der Waals surface area contributed by atoms with Gasteiger partial charge in [0.15, 0.2) is 5.25 Å². The van der Waals surface area contributed by atoms with Crippen molar-refractivity contribution in [3.05, 3.63) is 36.5 Å². The van der Waals surface area contributed by atoms with Crippen molar-refractivity contribution in [3.63, 3.8) is 0 Å². The maximum Gasteiger partial charge on any atom is 0.249 e. The summed E-state index contributed by atoms with van der Waals surface area (Å²) in [5.41, 5.74) is 1.23. The highest BCUT2D eigenvalue weighted by Gasteiger charge is 2.23. The van der Waals surface area contributed by atoms with Gasteiger partial charge in [0.1, 0.15) is 0 Å². The molecule has 98 valence electrons. The molecule has 1 unspecified atom stereocenters. The van der Waals surface area contributed by atoms with Gasteiger partial charge in [0.2, 0.25) is 10.0 Å². The van der Waals surface area contributed by atoms with E-state index in [0.29, 0.717) is 5.69 Å². The van der Waals surface area contributed by atoms with Crippen molar-refractivity contribution in [2.24, 2.45) is 0 Å². The number of nitriles is 1. The van der Waals surface area contributed by atoms with Crippen LogP contribution in [0.4, 0.5) is 5.69 Å². The molecule has 1 aromatic heterocycles. The topological polar surface area (TPSA) is 82.8 Å². The number of fused-ring (bicyclic) bond motifs is 1. The van der Waals surface area contributed by atoms with E-state index in [-0.39, 0.29) is 6.42 Å². The summed E-state index contributed by atoms with van der Waals surface area (Å²) in [6, 6.07) is 10.5. The SMILES string of the molecule is CCC(C#N)S(=O)(=O)Nc1ccc2ncccc2c1. The highest BCUT2D eigenvalue weighted by atomic mass is 32.2. The van der Waals surface area contributed by atoms with E-state index in [1.807, 2.05) is 6.07 Å². The van der Waals surface area contributed by atoms with Gasteiger partial charge in [0.05, 0.1) is 11.6 Å². The number of hydrogen-bond donors (Lipinski definition) is 1. The number of nitrogens with one attached hydrogen (secondary N) is 1. The molecule has 0 spiro atoms. The Kier molecular flexibility index (Phi) is 3.67. The molecule has 0 aliphatic heterocycles. The van der Waals surface area contributed by atoms with Crippen LogP contribution in [-0.4, -0.2) is 18.7 Å². The van der Waals surface area contributed by atoms with Gasteiger partial charge in [0.25, 0.3) is 0 Å². The molecule has 1 aromatic carbocycles. The maximum atomic E-state index is 11.9. The number of rotatable bonds is 4. The average Bonchev–Trinajstić information content (AvgIpc) is 2.39. The van der Waals surface area contributed by atoms with Crippen molar-refractivity contribution in [1.29, 1.82) is 5.26 Å². The summed E-state index contributed by atoms with van der Waals surface area (Å²) in [4.78, 5) is 4.16. The first kappa shape index (κ1) is 13.3. The molecule has 0 bridgehead atoms. The van der Waals surface area contributed by atoms with Crippen LogP contribution in [0.15, 0.2) is 36.5 Å². The van der Waals surface area contributed by atoms with E-state index in [1.165, 1.54) is 0 Å². The van der Waals surface area contributed by atoms with E-state index in [9.17, 15) is 8.42 Å². The summed E-state index contributed by atoms with van der Waals surface area (Å²) >= 11 is 0. The number of benzene rings is 1. The number of anilines is 1. The molecule has 1 atom stereocenters. The molecule has 0 radical (unpaired) electrons. The third-order valence-electron chi connectivity index (χ3n) is 2.75. The van der Waals surface area contributed by atoms with Crippen LogP contribution in [0.3, 0.4) is 0 Å². The van der Waals surface area contributed by atoms with Gasteiger partial charge < -0.3 is 0 Å². The quantitative estimate of drug-likeness (QED) is 0.927. The Morgan fingerprint density at radius 3 is 2.89 bits per heavy atom. The standard InChI is InChI=1S/C13H13N3O2S/c1-2-12(9-14)19(17,18)16-11-5-6-13-10(8-11)4-3-7-15-13/h3-8,12,16H,2H2,1H3.